The van der Waals surface area contributed by atoms with Crippen molar-refractivity contribution in [3.8, 4) is 11.3 Å². The zero-order valence-electron chi connectivity index (χ0n) is 23.8. The van der Waals surface area contributed by atoms with Gasteiger partial charge in [-0.15, -0.1) is 0 Å². The molecule has 0 spiro atoms. The molecule has 188 valence electrons. The van der Waals surface area contributed by atoms with E-state index in [1.54, 1.807) is 4.40 Å². The van der Waals surface area contributed by atoms with Gasteiger partial charge < -0.3 is 0 Å². The third kappa shape index (κ3) is 3.94. The van der Waals surface area contributed by atoms with Gasteiger partial charge in [0.25, 0.3) is 0 Å². The zero-order chi connectivity index (χ0) is 26.4. The second kappa shape index (κ2) is 8.35. The van der Waals surface area contributed by atoms with Crippen LogP contribution in [-0.4, -0.2) is 13.3 Å². The van der Waals surface area contributed by atoms with E-state index in [-0.39, 0.29) is 5.41 Å². The Morgan fingerprint density at radius 1 is 0.865 bits per heavy atom. The summed E-state index contributed by atoms with van der Waals surface area (Å²) in [5.41, 5.74) is 7.28. The minimum absolute atomic E-state index is 0.202. The van der Waals surface area contributed by atoms with Crippen molar-refractivity contribution in [1.82, 2.24) is 0 Å². The Hall–Kier alpha value is -2.30. The molecule has 1 aliphatic heterocycles. The average Bonchev–Trinajstić information content (AvgIpc) is 2.81. The Bertz CT molecular complexity index is 1770. The maximum atomic E-state index is 2.52. The van der Waals surface area contributed by atoms with Gasteiger partial charge in [-0.2, -0.15) is 0 Å². The van der Waals surface area contributed by atoms with Crippen LogP contribution in [0.4, 0.5) is 0 Å². The Morgan fingerprint density at radius 3 is 2.32 bits per heavy atom. The van der Waals surface area contributed by atoms with Crippen LogP contribution in [0, 0.1) is 19.3 Å². The summed E-state index contributed by atoms with van der Waals surface area (Å²) in [5, 5.41) is 8.57. The molecule has 37 heavy (non-hydrogen) atoms. The Labute approximate surface area is 228 Å². The van der Waals surface area contributed by atoms with Crippen LogP contribution >= 0.6 is 11.8 Å². The Kier molecular flexibility index (Phi) is 5.64. The summed E-state index contributed by atoms with van der Waals surface area (Å²) in [6.45, 7) is 11.7. The van der Waals surface area contributed by atoms with Crippen molar-refractivity contribution in [2.24, 2.45) is 12.5 Å². The molecule has 1 aromatic heterocycles. The average molecular weight is 565 g/mol. The molecular formula is C34H38GeNS+. The summed E-state index contributed by atoms with van der Waals surface area (Å²) in [5.74, 6) is 7.56. The van der Waals surface area contributed by atoms with E-state index in [1.165, 1.54) is 70.1 Å². The predicted octanol–water partition coefficient (Wildman–Crippen LogP) is 8.85. The van der Waals surface area contributed by atoms with E-state index in [0.717, 1.165) is 6.42 Å². The van der Waals surface area contributed by atoms with Gasteiger partial charge in [-0.1, -0.05) is 0 Å². The zero-order valence-corrected chi connectivity index (χ0v) is 26.7. The fraction of sp³-hybridized carbons (Fsp3) is 0.324. The van der Waals surface area contributed by atoms with Gasteiger partial charge in [0.2, 0.25) is 0 Å². The molecule has 6 rings (SSSR count). The number of hydrogen-bond donors (Lipinski definition) is 0. The van der Waals surface area contributed by atoms with E-state index in [9.17, 15) is 0 Å². The van der Waals surface area contributed by atoms with Crippen LogP contribution in [0.25, 0.3) is 43.6 Å². The normalized spacial score (nSPS) is 13.5. The number of rotatable bonds is 2. The van der Waals surface area contributed by atoms with Gasteiger partial charge in [0.1, 0.15) is 0 Å². The van der Waals surface area contributed by atoms with E-state index in [1.807, 2.05) is 11.8 Å². The first-order valence-corrected chi connectivity index (χ1v) is 21.6. The van der Waals surface area contributed by atoms with Crippen LogP contribution < -0.4 is 8.96 Å². The summed E-state index contributed by atoms with van der Waals surface area (Å²) in [4.78, 5) is 2.86. The fourth-order valence-electron chi connectivity index (χ4n) is 6.34. The number of hydrogen-bond acceptors (Lipinski definition) is 1. The standard InChI is InChI=1S/C34H38GeNS/c1-20-13-14-23-25(17-20)21(2)29-32-31-24(15-16-36(32)9)30-22(11-10-12-27(30)35(6,7)8)18-28(31)37-33(29)26(23)19-34(3,4)5/h10-18H,19H2,1-9H3/q+1. The molecule has 5 aromatic rings. The molecule has 0 bridgehead atoms. The molecule has 1 aliphatic rings. The van der Waals surface area contributed by atoms with Crippen LogP contribution in [-0.2, 0) is 13.5 Å². The summed E-state index contributed by atoms with van der Waals surface area (Å²) >= 11 is -0.0772. The van der Waals surface area contributed by atoms with E-state index in [2.05, 4.69) is 118 Å². The van der Waals surface area contributed by atoms with Crippen molar-refractivity contribution >= 4 is 61.7 Å². The second-order valence-corrected chi connectivity index (χ2v) is 24.9. The molecule has 1 nitrogen and oxygen atoms in total. The van der Waals surface area contributed by atoms with Crippen molar-refractivity contribution in [2.75, 3.05) is 0 Å². The Balaban J connectivity index is 1.82. The molecule has 0 radical (unpaired) electrons. The molecule has 4 aromatic carbocycles. The summed E-state index contributed by atoms with van der Waals surface area (Å²) in [6.07, 6.45) is 3.36. The van der Waals surface area contributed by atoms with Crippen LogP contribution in [0.1, 0.15) is 37.5 Å². The number of fused-ring (bicyclic) bond motifs is 5. The van der Waals surface area contributed by atoms with Gasteiger partial charge in [0.05, 0.1) is 0 Å². The van der Waals surface area contributed by atoms with Crippen LogP contribution in [0.3, 0.4) is 0 Å². The Morgan fingerprint density at radius 2 is 1.62 bits per heavy atom. The van der Waals surface area contributed by atoms with Gasteiger partial charge in [-0.05, 0) is 0 Å². The second-order valence-electron chi connectivity index (χ2n) is 13.3. The number of aromatic nitrogens is 1. The third-order valence-corrected chi connectivity index (χ3v) is 13.4. The quantitative estimate of drug-likeness (QED) is 0.115. The van der Waals surface area contributed by atoms with E-state index in [4.69, 9.17) is 0 Å². The molecule has 0 atom stereocenters. The van der Waals surface area contributed by atoms with Crippen LogP contribution in [0.5, 0.6) is 0 Å². The van der Waals surface area contributed by atoms with Crippen molar-refractivity contribution < 1.29 is 4.57 Å². The summed E-state index contributed by atoms with van der Waals surface area (Å²) < 4.78 is 3.99. The van der Waals surface area contributed by atoms with Crippen LogP contribution in [0.2, 0.25) is 17.3 Å². The molecule has 0 aliphatic carbocycles. The predicted molar refractivity (Wildman–Crippen MR) is 165 cm³/mol. The van der Waals surface area contributed by atoms with E-state index >= 15 is 0 Å². The van der Waals surface area contributed by atoms with Crippen molar-refractivity contribution in [1.29, 1.82) is 0 Å². The molecule has 0 saturated carbocycles. The van der Waals surface area contributed by atoms with Crippen molar-refractivity contribution in [3.63, 3.8) is 0 Å². The number of benzene rings is 4. The van der Waals surface area contributed by atoms with Gasteiger partial charge in [-0.3, -0.25) is 0 Å². The first kappa shape index (κ1) is 25.0. The fourth-order valence-corrected chi connectivity index (χ4v) is 11.1. The first-order chi connectivity index (χ1) is 17.3. The molecule has 0 saturated heterocycles. The number of nitrogens with zero attached hydrogens (tertiary/aromatic N) is 1. The molecule has 2 heterocycles. The molecular weight excluding hydrogens is 527 g/mol. The van der Waals surface area contributed by atoms with E-state index < -0.39 is 13.3 Å². The number of aryl methyl sites for hydroxylation is 3. The SMILES string of the molecule is Cc1ccc2c(CC(C)(C)C)c3c(c(C)c2c1)-c1c2c(cc4ccc[c]([Ge]([CH3])([CH3])[CH3])c4c2cc[n+]1C)S3. The summed E-state index contributed by atoms with van der Waals surface area (Å²) in [7, 11) is 2.24. The number of pyridine rings is 1. The van der Waals surface area contributed by atoms with Gasteiger partial charge in [0.15, 0.2) is 0 Å². The van der Waals surface area contributed by atoms with Crippen molar-refractivity contribution in [3.05, 3.63) is 71.4 Å². The van der Waals surface area contributed by atoms with Crippen molar-refractivity contribution in [2.45, 2.75) is 68.1 Å². The molecule has 0 N–H and O–H groups in total. The molecule has 3 heteroatoms. The molecule has 0 fully saturated rings. The van der Waals surface area contributed by atoms with Gasteiger partial charge in [0, 0.05) is 0 Å². The van der Waals surface area contributed by atoms with Gasteiger partial charge >= 0.3 is 230 Å². The molecule has 0 unspecified atom stereocenters. The maximum absolute atomic E-state index is 2.52. The molecule has 0 amide bonds. The van der Waals surface area contributed by atoms with E-state index in [0.29, 0.717) is 0 Å². The topological polar surface area (TPSA) is 3.88 Å². The monoisotopic (exact) mass is 566 g/mol. The third-order valence-electron chi connectivity index (χ3n) is 7.97. The van der Waals surface area contributed by atoms with Gasteiger partial charge in [-0.25, -0.2) is 0 Å². The summed E-state index contributed by atoms with van der Waals surface area (Å²) in [6, 6.07) is 18.9. The first-order valence-electron chi connectivity index (χ1n) is 13.5. The van der Waals surface area contributed by atoms with Crippen LogP contribution in [0.15, 0.2) is 64.5 Å². The minimum atomic E-state index is -2.09.